The normalized spacial score (nSPS) is 10.5. The summed E-state index contributed by atoms with van der Waals surface area (Å²) in [6, 6.07) is 7.71. The van der Waals surface area contributed by atoms with Crippen molar-refractivity contribution in [3.63, 3.8) is 0 Å². The van der Waals surface area contributed by atoms with Gasteiger partial charge in [-0.1, -0.05) is 25.1 Å². The molecule has 4 nitrogen and oxygen atoms in total. The van der Waals surface area contributed by atoms with Gasteiger partial charge in [0.2, 0.25) is 0 Å². The van der Waals surface area contributed by atoms with Crippen LogP contribution < -0.4 is 11.1 Å². The quantitative estimate of drug-likeness (QED) is 0.888. The zero-order valence-electron chi connectivity index (χ0n) is 11.5. The number of hydrogen-bond donors (Lipinski definition) is 2. The van der Waals surface area contributed by atoms with Gasteiger partial charge in [0.15, 0.2) is 0 Å². The van der Waals surface area contributed by atoms with E-state index in [2.05, 4.69) is 12.2 Å². The minimum absolute atomic E-state index is 0.136. The number of nitrogen functional groups attached to an aromatic ring is 1. The molecule has 1 aromatic carbocycles. The van der Waals surface area contributed by atoms with Crippen LogP contribution in [0, 0.1) is 6.92 Å². The molecule has 1 aromatic heterocycles. The Morgan fingerprint density at radius 1 is 1.42 bits per heavy atom. The van der Waals surface area contributed by atoms with Crippen molar-refractivity contribution in [3.05, 3.63) is 47.3 Å². The van der Waals surface area contributed by atoms with Gasteiger partial charge in [0.1, 0.15) is 5.69 Å². The molecule has 0 fully saturated rings. The second-order valence-corrected chi connectivity index (χ2v) is 4.69. The molecule has 1 amide bonds. The lowest BCUT2D eigenvalue weighted by Crippen LogP contribution is -2.17. The first-order valence-electron chi connectivity index (χ1n) is 6.34. The summed E-state index contributed by atoms with van der Waals surface area (Å²) in [5.41, 5.74) is 9.94. The number of carbonyl (C=O) groups excluding carboxylic acids is 1. The number of hydrogen-bond acceptors (Lipinski definition) is 2. The molecule has 1 heterocycles. The lowest BCUT2D eigenvalue weighted by molar-refractivity contribution is 0.101. The van der Waals surface area contributed by atoms with Gasteiger partial charge in [0.25, 0.3) is 5.91 Å². The number of nitrogens with zero attached hydrogens (tertiary/aromatic N) is 1. The van der Waals surface area contributed by atoms with Gasteiger partial charge in [0, 0.05) is 18.9 Å². The molecule has 0 bridgehead atoms. The smallest absolute Gasteiger partial charge is 0.272 e. The fraction of sp³-hybridized carbons (Fsp3) is 0.267. The van der Waals surface area contributed by atoms with Crippen LogP contribution in [0.2, 0.25) is 0 Å². The topological polar surface area (TPSA) is 60.1 Å². The van der Waals surface area contributed by atoms with E-state index < -0.39 is 0 Å². The molecular formula is C15H19N3O. The summed E-state index contributed by atoms with van der Waals surface area (Å²) in [6.45, 7) is 4.07. The van der Waals surface area contributed by atoms with E-state index in [1.54, 1.807) is 16.8 Å². The molecule has 3 N–H and O–H groups in total. The summed E-state index contributed by atoms with van der Waals surface area (Å²) in [7, 11) is 1.81. The molecule has 0 saturated heterocycles. The molecule has 0 atom stereocenters. The van der Waals surface area contributed by atoms with Crippen LogP contribution in [0.4, 0.5) is 11.4 Å². The molecule has 0 aliphatic carbocycles. The van der Waals surface area contributed by atoms with E-state index in [1.807, 2.05) is 32.2 Å². The van der Waals surface area contributed by atoms with Crippen LogP contribution in [0.3, 0.4) is 0 Å². The Balaban J connectivity index is 2.31. The largest absolute Gasteiger partial charge is 0.397 e. The van der Waals surface area contributed by atoms with Gasteiger partial charge >= 0.3 is 0 Å². The average Bonchev–Trinajstić information content (AvgIpc) is 2.71. The van der Waals surface area contributed by atoms with Crippen LogP contribution in [-0.4, -0.2) is 10.5 Å². The van der Waals surface area contributed by atoms with Crippen LogP contribution >= 0.6 is 0 Å². The molecule has 0 aliphatic heterocycles. The van der Waals surface area contributed by atoms with Gasteiger partial charge in [-0.2, -0.15) is 0 Å². The Morgan fingerprint density at radius 3 is 2.74 bits per heavy atom. The van der Waals surface area contributed by atoms with E-state index in [-0.39, 0.29) is 5.91 Å². The van der Waals surface area contributed by atoms with Gasteiger partial charge in [-0.25, -0.2) is 0 Å². The first-order valence-corrected chi connectivity index (χ1v) is 6.34. The predicted octanol–water partition coefficient (Wildman–Crippen LogP) is 2.73. The minimum atomic E-state index is -0.136. The van der Waals surface area contributed by atoms with Crippen LogP contribution in [0.25, 0.3) is 0 Å². The zero-order chi connectivity index (χ0) is 14.0. The highest BCUT2D eigenvalue weighted by Gasteiger charge is 2.13. The Hall–Kier alpha value is -2.23. The van der Waals surface area contributed by atoms with Crippen molar-refractivity contribution >= 4 is 17.3 Å². The summed E-state index contributed by atoms with van der Waals surface area (Å²) < 4.78 is 1.73. The highest BCUT2D eigenvalue weighted by molar-refractivity contribution is 6.04. The Kier molecular flexibility index (Phi) is 3.60. The lowest BCUT2D eigenvalue weighted by atomic mass is 10.1. The molecular weight excluding hydrogens is 238 g/mol. The summed E-state index contributed by atoms with van der Waals surface area (Å²) >= 11 is 0. The first-order chi connectivity index (χ1) is 9.02. The number of anilines is 2. The second kappa shape index (κ2) is 5.18. The van der Waals surface area contributed by atoms with Crippen molar-refractivity contribution < 1.29 is 4.79 Å². The number of benzene rings is 1. The molecule has 2 rings (SSSR count). The van der Waals surface area contributed by atoms with E-state index in [0.717, 1.165) is 23.2 Å². The number of amides is 1. The highest BCUT2D eigenvalue weighted by Crippen LogP contribution is 2.22. The molecule has 0 aliphatic rings. The monoisotopic (exact) mass is 257 g/mol. The van der Waals surface area contributed by atoms with Gasteiger partial charge in [-0.05, 0) is 30.5 Å². The van der Waals surface area contributed by atoms with Gasteiger partial charge in [-0.3, -0.25) is 4.79 Å². The predicted molar refractivity (Wildman–Crippen MR) is 78.3 cm³/mol. The van der Waals surface area contributed by atoms with E-state index in [4.69, 9.17) is 5.73 Å². The molecule has 19 heavy (non-hydrogen) atoms. The second-order valence-electron chi connectivity index (χ2n) is 4.69. The molecule has 2 aromatic rings. The minimum Gasteiger partial charge on any atom is -0.397 e. The maximum Gasteiger partial charge on any atom is 0.272 e. The molecule has 0 spiro atoms. The maximum atomic E-state index is 12.3. The van der Waals surface area contributed by atoms with Crippen molar-refractivity contribution in [1.82, 2.24) is 4.57 Å². The Bertz CT molecular complexity index is 614. The van der Waals surface area contributed by atoms with E-state index in [1.165, 1.54) is 0 Å². The van der Waals surface area contributed by atoms with E-state index >= 15 is 0 Å². The number of aryl methyl sites for hydroxylation is 3. The molecule has 0 unspecified atom stereocenters. The molecule has 0 radical (unpaired) electrons. The SMILES string of the molecule is CCc1cccc(C)c1NC(=O)c1cc(N)cn1C. The van der Waals surface area contributed by atoms with E-state index in [9.17, 15) is 4.79 Å². The van der Waals surface area contributed by atoms with Crippen molar-refractivity contribution in [2.45, 2.75) is 20.3 Å². The summed E-state index contributed by atoms with van der Waals surface area (Å²) in [5.74, 6) is -0.136. The number of aromatic nitrogens is 1. The maximum absolute atomic E-state index is 12.3. The van der Waals surface area contributed by atoms with Crippen molar-refractivity contribution in [2.24, 2.45) is 7.05 Å². The average molecular weight is 257 g/mol. The van der Waals surface area contributed by atoms with Crippen molar-refractivity contribution in [1.29, 1.82) is 0 Å². The van der Waals surface area contributed by atoms with Crippen molar-refractivity contribution in [3.8, 4) is 0 Å². The van der Waals surface area contributed by atoms with Crippen molar-refractivity contribution in [2.75, 3.05) is 11.1 Å². The van der Waals surface area contributed by atoms with Gasteiger partial charge < -0.3 is 15.6 Å². The lowest BCUT2D eigenvalue weighted by Gasteiger charge is -2.13. The van der Waals surface area contributed by atoms with Crippen LogP contribution in [0.5, 0.6) is 0 Å². The third-order valence-electron chi connectivity index (χ3n) is 3.24. The Labute approximate surface area is 113 Å². The third-order valence-corrected chi connectivity index (χ3v) is 3.24. The summed E-state index contributed by atoms with van der Waals surface area (Å²) in [5, 5.41) is 2.98. The van der Waals surface area contributed by atoms with Crippen LogP contribution in [0.15, 0.2) is 30.5 Å². The number of nitrogens with one attached hydrogen (secondary N) is 1. The highest BCUT2D eigenvalue weighted by atomic mass is 16.1. The molecule has 0 saturated carbocycles. The fourth-order valence-electron chi connectivity index (χ4n) is 2.20. The number of nitrogens with two attached hydrogens (primary N) is 1. The number of rotatable bonds is 3. The standard InChI is InChI=1S/C15H19N3O/c1-4-11-7-5-6-10(2)14(11)17-15(19)13-8-12(16)9-18(13)3/h5-9H,4,16H2,1-3H3,(H,17,19). The zero-order valence-corrected chi connectivity index (χ0v) is 11.5. The van der Waals surface area contributed by atoms with Crippen LogP contribution in [-0.2, 0) is 13.5 Å². The summed E-state index contributed by atoms with van der Waals surface area (Å²) in [6.07, 6.45) is 2.61. The van der Waals surface area contributed by atoms with Gasteiger partial charge in [0.05, 0.1) is 5.69 Å². The first kappa shape index (κ1) is 13.2. The fourth-order valence-corrected chi connectivity index (χ4v) is 2.20. The molecule has 4 heteroatoms. The Morgan fingerprint density at radius 2 is 2.16 bits per heavy atom. The molecule has 100 valence electrons. The summed E-state index contributed by atoms with van der Waals surface area (Å²) in [4.78, 5) is 12.3. The number of para-hydroxylation sites is 1. The van der Waals surface area contributed by atoms with E-state index in [0.29, 0.717) is 11.4 Å². The van der Waals surface area contributed by atoms with Crippen LogP contribution in [0.1, 0.15) is 28.5 Å². The third kappa shape index (κ3) is 2.62. The van der Waals surface area contributed by atoms with Gasteiger partial charge in [-0.15, -0.1) is 0 Å². The number of carbonyl (C=O) groups is 1.